The minimum Gasteiger partial charge on any atom is -0.494 e. The lowest BCUT2D eigenvalue weighted by Gasteiger charge is -2.02. The molecule has 0 aliphatic heterocycles. The Kier molecular flexibility index (Phi) is 4.68. The first-order chi connectivity index (χ1) is 11.3. The highest BCUT2D eigenvalue weighted by Gasteiger charge is 1.99. The van der Waals surface area contributed by atoms with E-state index in [4.69, 9.17) is 4.74 Å². The zero-order valence-electron chi connectivity index (χ0n) is 13.0. The van der Waals surface area contributed by atoms with Crippen LogP contribution in [-0.4, -0.2) is 21.6 Å². The second-order valence-corrected chi connectivity index (χ2v) is 5.74. The molecule has 0 radical (unpaired) electrons. The van der Waals surface area contributed by atoms with Crippen molar-refractivity contribution in [2.75, 3.05) is 7.11 Å². The van der Waals surface area contributed by atoms with Crippen molar-refractivity contribution < 1.29 is 4.74 Å². The molecule has 0 fully saturated rings. The van der Waals surface area contributed by atoms with E-state index in [2.05, 4.69) is 27.5 Å². The van der Waals surface area contributed by atoms with E-state index in [9.17, 15) is 0 Å². The van der Waals surface area contributed by atoms with Gasteiger partial charge in [0.1, 0.15) is 11.3 Å². The number of rotatable bonds is 2. The summed E-state index contributed by atoms with van der Waals surface area (Å²) in [6.07, 6.45) is 5.61. The number of hydrogen-bond donors (Lipinski definition) is 0. The number of aromatic nitrogens is 3. The van der Waals surface area contributed by atoms with Crippen LogP contribution < -0.4 is 4.74 Å². The van der Waals surface area contributed by atoms with Gasteiger partial charge in [-0.1, -0.05) is 18.2 Å². The van der Waals surface area contributed by atoms with E-state index in [0.29, 0.717) is 0 Å². The minimum absolute atomic E-state index is 0.827. The summed E-state index contributed by atoms with van der Waals surface area (Å²) in [4.78, 5) is 8.43. The van der Waals surface area contributed by atoms with Crippen molar-refractivity contribution in [1.29, 1.82) is 0 Å². The molecule has 116 valence electrons. The van der Waals surface area contributed by atoms with Crippen molar-refractivity contribution in [2.24, 2.45) is 0 Å². The molecule has 0 N–H and O–H groups in total. The number of aryl methyl sites for hydroxylation is 1. The van der Waals surface area contributed by atoms with Gasteiger partial charge in [-0.05, 0) is 31.2 Å². The van der Waals surface area contributed by atoms with E-state index in [-0.39, 0.29) is 0 Å². The van der Waals surface area contributed by atoms with Gasteiger partial charge < -0.3 is 4.74 Å². The van der Waals surface area contributed by atoms with Gasteiger partial charge in [-0.15, -0.1) is 11.3 Å². The number of para-hydroxylation sites is 1. The standard InChI is InChI=1S/C10H9NO.C8H8N2S/c1-12-9-6-2-4-8-5-3-7-11-10(8)9;1-7-3-2-5-10(7)8-9-4-6-11-8/h2-7H,1H3;2-6H,1H3. The third-order valence-electron chi connectivity index (χ3n) is 3.39. The van der Waals surface area contributed by atoms with Crippen LogP contribution in [0.3, 0.4) is 0 Å². The Hall–Kier alpha value is -2.66. The van der Waals surface area contributed by atoms with Gasteiger partial charge in [-0.3, -0.25) is 9.55 Å². The number of methoxy groups -OCH3 is 1. The number of benzene rings is 1. The highest BCUT2D eigenvalue weighted by atomic mass is 32.1. The summed E-state index contributed by atoms with van der Waals surface area (Å²) in [6.45, 7) is 2.07. The molecular formula is C18H17N3OS. The number of hydrogen-bond acceptors (Lipinski definition) is 4. The van der Waals surface area contributed by atoms with E-state index in [1.54, 1.807) is 24.6 Å². The predicted octanol–water partition coefficient (Wildman–Crippen LogP) is 4.49. The second kappa shape index (κ2) is 7.07. The second-order valence-electron chi connectivity index (χ2n) is 4.87. The summed E-state index contributed by atoms with van der Waals surface area (Å²) in [5, 5.41) is 4.12. The zero-order valence-corrected chi connectivity index (χ0v) is 13.8. The Bertz CT molecular complexity index is 879. The van der Waals surface area contributed by atoms with Crippen LogP contribution in [0.5, 0.6) is 5.75 Å². The molecule has 4 rings (SSSR count). The zero-order chi connectivity index (χ0) is 16.1. The van der Waals surface area contributed by atoms with Gasteiger partial charge in [0.15, 0.2) is 5.13 Å². The molecule has 5 heteroatoms. The van der Waals surface area contributed by atoms with Gasteiger partial charge in [0.05, 0.1) is 7.11 Å². The Morgan fingerprint density at radius 3 is 2.57 bits per heavy atom. The smallest absolute Gasteiger partial charge is 0.193 e. The highest BCUT2D eigenvalue weighted by Crippen LogP contribution is 2.21. The predicted molar refractivity (Wildman–Crippen MR) is 94.5 cm³/mol. The average molecular weight is 323 g/mol. The van der Waals surface area contributed by atoms with Crippen molar-refractivity contribution >= 4 is 22.2 Å². The fourth-order valence-electron chi connectivity index (χ4n) is 2.26. The van der Waals surface area contributed by atoms with E-state index in [1.807, 2.05) is 54.2 Å². The molecule has 0 unspecified atom stereocenters. The molecule has 3 aromatic heterocycles. The summed E-state index contributed by atoms with van der Waals surface area (Å²) in [5.41, 5.74) is 2.14. The van der Waals surface area contributed by atoms with Crippen LogP contribution in [0.15, 0.2) is 66.4 Å². The molecule has 23 heavy (non-hydrogen) atoms. The monoisotopic (exact) mass is 323 g/mol. The SMILES string of the molecule is COc1cccc2cccnc12.Cc1cccn1-c1nccs1. The highest BCUT2D eigenvalue weighted by molar-refractivity contribution is 7.12. The Labute approximate surface area is 139 Å². The summed E-state index contributed by atoms with van der Waals surface area (Å²) in [6, 6.07) is 13.9. The number of nitrogens with zero attached hydrogens (tertiary/aromatic N) is 3. The Morgan fingerprint density at radius 1 is 1.00 bits per heavy atom. The fourth-order valence-corrected chi connectivity index (χ4v) is 2.94. The number of fused-ring (bicyclic) bond motifs is 1. The summed E-state index contributed by atoms with van der Waals surface area (Å²) < 4.78 is 7.24. The van der Waals surface area contributed by atoms with Crippen molar-refractivity contribution in [3.8, 4) is 10.9 Å². The maximum atomic E-state index is 5.16. The maximum absolute atomic E-state index is 5.16. The van der Waals surface area contributed by atoms with Crippen molar-refractivity contribution in [3.05, 3.63) is 72.1 Å². The lowest BCUT2D eigenvalue weighted by molar-refractivity contribution is 0.419. The molecule has 0 atom stereocenters. The third-order valence-corrected chi connectivity index (χ3v) is 4.16. The molecule has 0 saturated heterocycles. The van der Waals surface area contributed by atoms with E-state index in [0.717, 1.165) is 21.8 Å². The Morgan fingerprint density at radius 2 is 1.87 bits per heavy atom. The molecule has 0 aliphatic carbocycles. The summed E-state index contributed by atoms with van der Waals surface area (Å²) in [7, 11) is 1.66. The normalized spacial score (nSPS) is 10.2. The topological polar surface area (TPSA) is 39.9 Å². The van der Waals surface area contributed by atoms with Crippen LogP contribution in [0.2, 0.25) is 0 Å². The first-order valence-corrected chi connectivity index (χ1v) is 8.09. The number of ether oxygens (including phenoxy) is 1. The molecule has 4 aromatic rings. The van der Waals surface area contributed by atoms with E-state index >= 15 is 0 Å². The molecule has 0 spiro atoms. The van der Waals surface area contributed by atoms with Gasteiger partial charge in [0.25, 0.3) is 0 Å². The minimum atomic E-state index is 0.827. The molecule has 0 bridgehead atoms. The van der Waals surface area contributed by atoms with Crippen LogP contribution in [0.25, 0.3) is 16.0 Å². The maximum Gasteiger partial charge on any atom is 0.193 e. The molecule has 1 aromatic carbocycles. The van der Waals surface area contributed by atoms with Gasteiger partial charge in [-0.2, -0.15) is 0 Å². The van der Waals surface area contributed by atoms with Gasteiger partial charge in [0, 0.05) is 35.1 Å². The molecule has 4 nitrogen and oxygen atoms in total. The summed E-state index contributed by atoms with van der Waals surface area (Å²) in [5.74, 6) is 0.827. The van der Waals surface area contributed by atoms with Crippen LogP contribution in [0.4, 0.5) is 0 Å². The van der Waals surface area contributed by atoms with Crippen molar-refractivity contribution in [1.82, 2.24) is 14.5 Å². The average Bonchev–Trinajstić information content (AvgIpc) is 3.26. The number of pyridine rings is 1. The van der Waals surface area contributed by atoms with Crippen molar-refractivity contribution in [2.45, 2.75) is 6.92 Å². The largest absolute Gasteiger partial charge is 0.494 e. The lowest BCUT2D eigenvalue weighted by Crippen LogP contribution is -1.91. The van der Waals surface area contributed by atoms with Gasteiger partial charge >= 0.3 is 0 Å². The van der Waals surface area contributed by atoms with Crippen molar-refractivity contribution in [3.63, 3.8) is 0 Å². The van der Waals surface area contributed by atoms with E-state index < -0.39 is 0 Å². The van der Waals surface area contributed by atoms with Gasteiger partial charge in [-0.25, -0.2) is 4.98 Å². The van der Waals surface area contributed by atoms with Crippen LogP contribution in [0.1, 0.15) is 5.69 Å². The van der Waals surface area contributed by atoms with Crippen LogP contribution >= 0.6 is 11.3 Å². The molecule has 0 aliphatic rings. The molecular weight excluding hydrogens is 306 g/mol. The molecule has 0 saturated carbocycles. The Balaban J connectivity index is 0.000000136. The first kappa shape index (κ1) is 15.2. The van der Waals surface area contributed by atoms with Crippen LogP contribution in [0, 0.1) is 6.92 Å². The third kappa shape index (κ3) is 3.40. The fraction of sp³-hybridized carbons (Fsp3) is 0.111. The number of thiazole rings is 1. The first-order valence-electron chi connectivity index (χ1n) is 7.21. The molecule has 0 amide bonds. The van der Waals surface area contributed by atoms with Crippen LogP contribution in [-0.2, 0) is 0 Å². The summed E-state index contributed by atoms with van der Waals surface area (Å²) >= 11 is 1.65. The quantitative estimate of drug-likeness (QED) is 0.546. The molecule has 3 heterocycles. The lowest BCUT2D eigenvalue weighted by atomic mass is 10.2. The van der Waals surface area contributed by atoms with E-state index in [1.165, 1.54) is 5.69 Å². The van der Waals surface area contributed by atoms with Gasteiger partial charge in [0.2, 0.25) is 0 Å².